The summed E-state index contributed by atoms with van der Waals surface area (Å²) in [5, 5.41) is 10.3. The zero-order valence-corrected chi connectivity index (χ0v) is 25.0. The van der Waals surface area contributed by atoms with Gasteiger partial charge >= 0.3 is 0 Å². The molecule has 2 aliphatic heterocycles. The Morgan fingerprint density at radius 2 is 1.49 bits per heavy atom. The second-order valence-corrected chi connectivity index (χ2v) is 12.2. The highest BCUT2D eigenvalue weighted by Gasteiger charge is 2.33. The maximum absolute atomic E-state index is 10.3. The zero-order valence-electron chi connectivity index (χ0n) is 25.0. The number of benzene rings is 3. The SMILES string of the molecule is CC(CCCCCCCCCCOc1ccc([C@@H]2c3cc(O)ccc3OC[C@@H]2c2ccccc2)cc1)N1CCCC1. The molecule has 1 unspecified atom stereocenters. The largest absolute Gasteiger partial charge is 0.508 e. The Morgan fingerprint density at radius 1 is 0.805 bits per heavy atom. The van der Waals surface area contributed by atoms with Gasteiger partial charge in [0.2, 0.25) is 0 Å². The molecule has 1 fully saturated rings. The lowest BCUT2D eigenvalue weighted by atomic mass is 9.76. The quantitative estimate of drug-likeness (QED) is 0.190. The Bertz CT molecular complexity index is 1170. The van der Waals surface area contributed by atoms with E-state index in [2.05, 4.69) is 60.4 Å². The van der Waals surface area contributed by atoms with Crippen LogP contribution in [-0.4, -0.2) is 42.4 Å². The summed E-state index contributed by atoms with van der Waals surface area (Å²) in [5.74, 6) is 2.34. The molecular weight excluding hydrogens is 506 g/mol. The summed E-state index contributed by atoms with van der Waals surface area (Å²) >= 11 is 0. The van der Waals surface area contributed by atoms with E-state index in [1.807, 2.05) is 18.2 Å². The van der Waals surface area contributed by atoms with Gasteiger partial charge in [-0.15, -0.1) is 0 Å². The van der Waals surface area contributed by atoms with Crippen molar-refractivity contribution in [3.05, 3.63) is 89.5 Å². The van der Waals surface area contributed by atoms with Crippen LogP contribution in [0.4, 0.5) is 0 Å². The molecule has 0 saturated carbocycles. The molecule has 4 nitrogen and oxygen atoms in total. The Balaban J connectivity index is 1.02. The molecule has 0 spiro atoms. The van der Waals surface area contributed by atoms with Gasteiger partial charge in [-0.3, -0.25) is 0 Å². The van der Waals surface area contributed by atoms with E-state index in [1.54, 1.807) is 6.07 Å². The number of fused-ring (bicyclic) bond motifs is 1. The lowest BCUT2D eigenvalue weighted by Crippen LogP contribution is -2.29. The highest BCUT2D eigenvalue weighted by molar-refractivity contribution is 5.51. The van der Waals surface area contributed by atoms with Gasteiger partial charge in [-0.05, 0) is 87.2 Å². The molecule has 5 rings (SSSR count). The van der Waals surface area contributed by atoms with E-state index >= 15 is 0 Å². The molecule has 0 aromatic heterocycles. The minimum atomic E-state index is 0.107. The standard InChI is InChI=1S/C37H49NO3/c1-29(38-24-12-13-25-38)15-9-6-4-2-3-5-7-14-26-40-33-21-18-31(19-22-33)37-34-27-32(39)20-23-36(34)41-28-35(37)30-16-10-8-11-17-30/h8,10-11,16-23,27,29,35,37,39H,2-7,9,12-15,24-26,28H2,1H3/t29?,35-,37-/m1/s1. The molecule has 2 aliphatic rings. The molecule has 220 valence electrons. The number of hydrogen-bond acceptors (Lipinski definition) is 4. The summed E-state index contributed by atoms with van der Waals surface area (Å²) in [5.41, 5.74) is 3.50. The van der Waals surface area contributed by atoms with Crippen LogP contribution in [0.1, 0.15) is 106 Å². The zero-order chi connectivity index (χ0) is 28.3. The topological polar surface area (TPSA) is 41.9 Å². The van der Waals surface area contributed by atoms with E-state index in [0.29, 0.717) is 6.61 Å². The number of nitrogens with zero attached hydrogens (tertiary/aromatic N) is 1. The van der Waals surface area contributed by atoms with Crippen LogP contribution in [0.25, 0.3) is 0 Å². The lowest BCUT2D eigenvalue weighted by molar-refractivity contribution is 0.242. The number of phenols is 1. The summed E-state index contributed by atoms with van der Waals surface area (Å²) in [6, 6.07) is 25.3. The summed E-state index contributed by atoms with van der Waals surface area (Å²) in [7, 11) is 0. The summed E-state index contributed by atoms with van der Waals surface area (Å²) < 4.78 is 12.2. The number of aromatic hydroxyl groups is 1. The molecule has 3 atom stereocenters. The van der Waals surface area contributed by atoms with Crippen LogP contribution in [0.2, 0.25) is 0 Å². The Labute approximate surface area is 247 Å². The first-order valence-electron chi connectivity index (χ1n) is 16.2. The van der Waals surface area contributed by atoms with Crippen molar-refractivity contribution in [2.45, 2.75) is 95.4 Å². The van der Waals surface area contributed by atoms with Crippen molar-refractivity contribution in [2.24, 2.45) is 0 Å². The molecule has 1 saturated heterocycles. The fourth-order valence-electron chi connectivity index (χ4n) is 6.73. The van der Waals surface area contributed by atoms with Gasteiger partial charge in [0, 0.05) is 23.4 Å². The van der Waals surface area contributed by atoms with Crippen LogP contribution < -0.4 is 9.47 Å². The van der Waals surface area contributed by atoms with Crippen molar-refractivity contribution in [3.8, 4) is 17.2 Å². The number of hydrogen-bond donors (Lipinski definition) is 1. The fraction of sp³-hybridized carbons (Fsp3) is 0.514. The van der Waals surface area contributed by atoms with Crippen molar-refractivity contribution in [3.63, 3.8) is 0 Å². The monoisotopic (exact) mass is 555 g/mol. The van der Waals surface area contributed by atoms with Crippen molar-refractivity contribution in [1.82, 2.24) is 4.90 Å². The number of ether oxygens (including phenoxy) is 2. The van der Waals surface area contributed by atoms with Crippen LogP contribution in [0.15, 0.2) is 72.8 Å². The number of likely N-dealkylation sites (tertiary alicyclic amines) is 1. The van der Waals surface area contributed by atoms with E-state index < -0.39 is 0 Å². The first-order valence-corrected chi connectivity index (χ1v) is 16.2. The van der Waals surface area contributed by atoms with Gasteiger partial charge < -0.3 is 19.5 Å². The van der Waals surface area contributed by atoms with Crippen LogP contribution in [-0.2, 0) is 0 Å². The smallest absolute Gasteiger partial charge is 0.123 e. The molecule has 0 aliphatic carbocycles. The van der Waals surface area contributed by atoms with Crippen LogP contribution in [0.3, 0.4) is 0 Å². The van der Waals surface area contributed by atoms with Gasteiger partial charge in [-0.2, -0.15) is 0 Å². The summed E-state index contributed by atoms with van der Waals surface area (Å²) in [6.07, 6.45) is 14.7. The van der Waals surface area contributed by atoms with Crippen LogP contribution in [0.5, 0.6) is 17.2 Å². The molecule has 41 heavy (non-hydrogen) atoms. The van der Waals surface area contributed by atoms with Gasteiger partial charge in [-0.1, -0.05) is 87.4 Å². The van der Waals surface area contributed by atoms with Gasteiger partial charge in [0.1, 0.15) is 17.2 Å². The number of unbranched alkanes of at least 4 members (excludes halogenated alkanes) is 7. The first-order chi connectivity index (χ1) is 20.2. The van der Waals surface area contributed by atoms with Crippen molar-refractivity contribution in [2.75, 3.05) is 26.3 Å². The van der Waals surface area contributed by atoms with E-state index in [-0.39, 0.29) is 17.6 Å². The molecule has 0 radical (unpaired) electrons. The van der Waals surface area contributed by atoms with E-state index in [0.717, 1.165) is 36.1 Å². The van der Waals surface area contributed by atoms with Gasteiger partial charge in [0.25, 0.3) is 0 Å². The highest BCUT2D eigenvalue weighted by atomic mass is 16.5. The van der Waals surface area contributed by atoms with Crippen LogP contribution in [0, 0.1) is 0 Å². The number of phenolic OH excluding ortho intramolecular Hbond substituents is 1. The minimum absolute atomic E-state index is 0.107. The molecule has 4 heteroatoms. The molecule has 1 N–H and O–H groups in total. The van der Waals surface area contributed by atoms with E-state index in [1.165, 1.54) is 88.4 Å². The van der Waals surface area contributed by atoms with Crippen molar-refractivity contribution in [1.29, 1.82) is 0 Å². The summed E-state index contributed by atoms with van der Waals surface area (Å²) in [4.78, 5) is 2.68. The summed E-state index contributed by atoms with van der Waals surface area (Å²) in [6.45, 7) is 6.45. The second kappa shape index (κ2) is 15.3. The predicted molar refractivity (Wildman–Crippen MR) is 168 cm³/mol. The van der Waals surface area contributed by atoms with Crippen LogP contribution >= 0.6 is 0 Å². The second-order valence-electron chi connectivity index (χ2n) is 12.2. The Morgan fingerprint density at radius 3 is 2.22 bits per heavy atom. The third-order valence-electron chi connectivity index (χ3n) is 9.17. The molecular formula is C37H49NO3. The third-order valence-corrected chi connectivity index (χ3v) is 9.17. The highest BCUT2D eigenvalue weighted by Crippen LogP contribution is 2.47. The van der Waals surface area contributed by atoms with Gasteiger partial charge in [0.15, 0.2) is 0 Å². The predicted octanol–water partition coefficient (Wildman–Crippen LogP) is 9.07. The molecule has 3 aromatic rings. The number of rotatable bonds is 15. The lowest BCUT2D eigenvalue weighted by Gasteiger charge is -2.34. The van der Waals surface area contributed by atoms with Crippen molar-refractivity contribution < 1.29 is 14.6 Å². The molecule has 2 heterocycles. The average molecular weight is 556 g/mol. The van der Waals surface area contributed by atoms with E-state index in [4.69, 9.17) is 9.47 Å². The van der Waals surface area contributed by atoms with E-state index in [9.17, 15) is 5.11 Å². The normalized spacial score (nSPS) is 19.4. The minimum Gasteiger partial charge on any atom is -0.508 e. The Kier molecular flexibility index (Phi) is 11.0. The van der Waals surface area contributed by atoms with Gasteiger partial charge in [-0.25, -0.2) is 0 Å². The maximum Gasteiger partial charge on any atom is 0.123 e. The first kappa shape index (κ1) is 29.5. The maximum atomic E-state index is 10.3. The fourth-order valence-corrected chi connectivity index (χ4v) is 6.73. The molecule has 0 amide bonds. The molecule has 0 bridgehead atoms. The Hall–Kier alpha value is -2.98. The average Bonchev–Trinajstić information content (AvgIpc) is 3.55. The van der Waals surface area contributed by atoms with Crippen molar-refractivity contribution >= 4 is 0 Å². The van der Waals surface area contributed by atoms with Gasteiger partial charge in [0.05, 0.1) is 13.2 Å². The third kappa shape index (κ3) is 8.29. The molecule has 3 aromatic carbocycles.